The van der Waals surface area contributed by atoms with Gasteiger partial charge >= 0.3 is 5.97 Å². The number of hydrogen-bond acceptors (Lipinski definition) is 6. The number of aliphatic hydroxyl groups is 1. The first-order valence-electron chi connectivity index (χ1n) is 10.5. The van der Waals surface area contributed by atoms with Crippen molar-refractivity contribution in [2.45, 2.75) is 50.3 Å². The molecule has 3 aliphatic rings. The van der Waals surface area contributed by atoms with Crippen LogP contribution in [0.3, 0.4) is 0 Å². The third-order valence-corrected chi connectivity index (χ3v) is 7.97. The number of β-lactam (4-membered cyclic amide) rings is 1. The lowest BCUT2D eigenvalue weighted by Crippen LogP contribution is -2.63. The maximum absolute atomic E-state index is 12.5. The third kappa shape index (κ3) is 3.56. The van der Waals surface area contributed by atoms with E-state index in [1.165, 1.54) is 16.0 Å². The largest absolute Gasteiger partial charge is 0.477 e. The molecule has 1 amide bonds. The lowest BCUT2D eigenvalue weighted by molar-refractivity contribution is -0.163. The van der Waals surface area contributed by atoms with Gasteiger partial charge in [0.1, 0.15) is 5.70 Å². The second kappa shape index (κ2) is 8.34. The molecule has 0 bridgehead atoms. The predicted molar refractivity (Wildman–Crippen MR) is 116 cm³/mol. The van der Waals surface area contributed by atoms with Crippen LogP contribution < -0.4 is 10.6 Å². The monoisotopic (exact) mass is 431 g/mol. The van der Waals surface area contributed by atoms with Gasteiger partial charge in [0.15, 0.2) is 0 Å². The molecule has 162 valence electrons. The van der Waals surface area contributed by atoms with Crippen LogP contribution >= 0.6 is 11.8 Å². The highest BCUT2D eigenvalue weighted by Crippen LogP contribution is 2.52. The van der Waals surface area contributed by atoms with Crippen molar-refractivity contribution in [1.29, 1.82) is 0 Å². The molecule has 4 rings (SSSR count). The maximum atomic E-state index is 12.5. The number of aliphatic hydroxyl groups excluding tert-OH is 1. The number of aliphatic carboxylic acids is 1. The van der Waals surface area contributed by atoms with Gasteiger partial charge in [0.25, 0.3) is 0 Å². The number of carbonyl (C=O) groups excluding carboxylic acids is 1. The van der Waals surface area contributed by atoms with Gasteiger partial charge in [-0.2, -0.15) is 0 Å². The summed E-state index contributed by atoms with van der Waals surface area (Å²) < 4.78 is 0. The molecular formula is C22H29N3O4S. The van der Waals surface area contributed by atoms with Gasteiger partial charge in [-0.25, -0.2) is 4.79 Å². The SMILES string of the molecule is CNCc1ccc([C@H]2C[C@H](SC3=C(C(=O)O)N4C(=O)[C@H]([C@@H](C)O)[C@H]4[C@H]3C)CN2)cc1. The molecule has 2 fully saturated rings. The van der Waals surface area contributed by atoms with Crippen molar-refractivity contribution in [3.05, 3.63) is 46.0 Å². The summed E-state index contributed by atoms with van der Waals surface area (Å²) in [4.78, 5) is 26.6. The molecule has 4 N–H and O–H groups in total. The fourth-order valence-corrected chi connectivity index (χ4v) is 6.46. The van der Waals surface area contributed by atoms with Crippen LogP contribution in [-0.2, 0) is 16.1 Å². The van der Waals surface area contributed by atoms with Crippen LogP contribution in [0.4, 0.5) is 0 Å². The number of thioether (sulfide) groups is 1. The minimum atomic E-state index is -1.06. The van der Waals surface area contributed by atoms with Gasteiger partial charge in [0.05, 0.1) is 18.1 Å². The van der Waals surface area contributed by atoms with Crippen molar-refractivity contribution < 1.29 is 19.8 Å². The van der Waals surface area contributed by atoms with E-state index in [4.69, 9.17) is 0 Å². The fraction of sp³-hybridized carbons (Fsp3) is 0.545. The minimum absolute atomic E-state index is 0.0849. The summed E-state index contributed by atoms with van der Waals surface area (Å²) >= 11 is 1.58. The summed E-state index contributed by atoms with van der Waals surface area (Å²) in [6.45, 7) is 5.20. The second-order valence-electron chi connectivity index (χ2n) is 8.48. The molecule has 0 aliphatic carbocycles. The van der Waals surface area contributed by atoms with E-state index in [0.717, 1.165) is 24.4 Å². The van der Waals surface area contributed by atoms with E-state index >= 15 is 0 Å². The van der Waals surface area contributed by atoms with Gasteiger partial charge in [-0.1, -0.05) is 31.2 Å². The minimum Gasteiger partial charge on any atom is -0.477 e. The van der Waals surface area contributed by atoms with Gasteiger partial charge in [0, 0.05) is 35.2 Å². The number of fused-ring (bicyclic) bond motifs is 1. The molecule has 3 aliphatic heterocycles. The number of carboxylic acids is 1. The van der Waals surface area contributed by atoms with E-state index in [9.17, 15) is 19.8 Å². The molecule has 1 aromatic rings. The number of benzene rings is 1. The van der Waals surface area contributed by atoms with Crippen molar-refractivity contribution in [1.82, 2.24) is 15.5 Å². The number of carboxylic acid groups (broad SMARTS) is 1. The summed E-state index contributed by atoms with van der Waals surface area (Å²) in [6, 6.07) is 8.54. The quantitative estimate of drug-likeness (QED) is 0.488. The zero-order chi connectivity index (χ0) is 21.6. The number of hydrogen-bond donors (Lipinski definition) is 4. The average Bonchev–Trinajstić information content (AvgIpc) is 3.25. The van der Waals surface area contributed by atoms with E-state index in [0.29, 0.717) is 0 Å². The molecule has 7 nitrogen and oxygen atoms in total. The Morgan fingerprint density at radius 2 is 2.07 bits per heavy atom. The average molecular weight is 432 g/mol. The summed E-state index contributed by atoms with van der Waals surface area (Å²) in [6.07, 6.45) is 0.126. The summed E-state index contributed by atoms with van der Waals surface area (Å²) in [5.74, 6) is -1.94. The van der Waals surface area contributed by atoms with E-state index < -0.39 is 18.0 Å². The summed E-state index contributed by atoms with van der Waals surface area (Å²) in [5.41, 5.74) is 2.58. The standard InChI is InChI=1S/C22H29N3O4S/c1-11-18-17(12(2)26)21(27)25(18)19(22(28)29)20(11)30-15-8-16(24-10-15)14-6-4-13(5-7-14)9-23-3/h4-7,11-12,15-18,23-24,26H,8-10H2,1-3H3,(H,28,29)/t11-,12-,15+,16-,17-,18-/m1/s1. The van der Waals surface area contributed by atoms with Crippen LogP contribution in [0, 0.1) is 11.8 Å². The van der Waals surface area contributed by atoms with Crippen molar-refractivity contribution in [3.63, 3.8) is 0 Å². The Labute approximate surface area is 180 Å². The second-order valence-corrected chi connectivity index (χ2v) is 9.82. The maximum Gasteiger partial charge on any atom is 0.353 e. The Bertz CT molecular complexity index is 870. The molecule has 2 saturated heterocycles. The molecular weight excluding hydrogens is 402 g/mol. The number of amides is 1. The fourth-order valence-electron chi connectivity index (χ4n) is 4.98. The molecule has 3 heterocycles. The normalized spacial score (nSPS) is 31.7. The summed E-state index contributed by atoms with van der Waals surface area (Å²) in [5, 5.41) is 26.7. The predicted octanol–water partition coefficient (Wildman–Crippen LogP) is 1.70. The van der Waals surface area contributed by atoms with Gasteiger partial charge in [-0.3, -0.25) is 4.79 Å². The highest BCUT2D eigenvalue weighted by molar-refractivity contribution is 8.03. The lowest BCUT2D eigenvalue weighted by Gasteiger charge is -2.46. The Kier molecular flexibility index (Phi) is 5.94. The number of nitrogens with one attached hydrogen (secondary N) is 2. The Morgan fingerprint density at radius 3 is 2.67 bits per heavy atom. The van der Waals surface area contributed by atoms with Crippen molar-refractivity contribution >= 4 is 23.6 Å². The Morgan fingerprint density at radius 1 is 1.37 bits per heavy atom. The number of carbonyl (C=O) groups is 2. The zero-order valence-corrected chi connectivity index (χ0v) is 18.3. The molecule has 0 aromatic heterocycles. The topological polar surface area (TPSA) is 102 Å². The first kappa shape index (κ1) is 21.4. The number of nitrogens with zero attached hydrogens (tertiary/aromatic N) is 1. The van der Waals surface area contributed by atoms with Gasteiger partial charge < -0.3 is 25.7 Å². The van der Waals surface area contributed by atoms with Gasteiger partial charge in [0.2, 0.25) is 5.91 Å². The first-order chi connectivity index (χ1) is 14.3. The zero-order valence-electron chi connectivity index (χ0n) is 17.5. The molecule has 0 radical (unpaired) electrons. The first-order valence-corrected chi connectivity index (χ1v) is 11.3. The van der Waals surface area contributed by atoms with E-state index in [1.807, 2.05) is 14.0 Å². The highest BCUT2D eigenvalue weighted by atomic mass is 32.2. The highest BCUT2D eigenvalue weighted by Gasteiger charge is 2.60. The summed E-state index contributed by atoms with van der Waals surface area (Å²) in [7, 11) is 1.93. The molecule has 8 heteroatoms. The van der Waals surface area contributed by atoms with Crippen molar-refractivity contribution in [2.75, 3.05) is 13.6 Å². The molecule has 0 saturated carbocycles. The van der Waals surface area contributed by atoms with E-state index in [-0.39, 0.29) is 34.9 Å². The van der Waals surface area contributed by atoms with Crippen LogP contribution in [0.15, 0.2) is 34.9 Å². The Hall–Kier alpha value is -1.87. The van der Waals surface area contributed by atoms with Crippen molar-refractivity contribution in [2.24, 2.45) is 11.8 Å². The third-order valence-electron chi connectivity index (χ3n) is 6.46. The van der Waals surface area contributed by atoms with Gasteiger partial charge in [-0.05, 0) is 31.5 Å². The molecule has 6 atom stereocenters. The molecule has 30 heavy (non-hydrogen) atoms. The molecule has 0 spiro atoms. The van der Waals surface area contributed by atoms with Crippen LogP contribution in [0.5, 0.6) is 0 Å². The number of rotatable bonds is 7. The molecule has 1 aromatic carbocycles. The van der Waals surface area contributed by atoms with Gasteiger partial charge in [-0.15, -0.1) is 11.8 Å². The van der Waals surface area contributed by atoms with Crippen molar-refractivity contribution in [3.8, 4) is 0 Å². The lowest BCUT2D eigenvalue weighted by atomic mass is 9.79. The van der Waals surface area contributed by atoms with E-state index in [1.54, 1.807) is 18.7 Å². The van der Waals surface area contributed by atoms with E-state index in [2.05, 4.69) is 34.9 Å². The van der Waals surface area contributed by atoms with Crippen LogP contribution in [0.2, 0.25) is 0 Å². The van der Waals surface area contributed by atoms with Crippen LogP contribution in [0.1, 0.15) is 37.4 Å². The van der Waals surface area contributed by atoms with Crippen LogP contribution in [-0.4, -0.2) is 58.0 Å². The molecule has 0 unspecified atom stereocenters. The van der Waals surface area contributed by atoms with Crippen LogP contribution in [0.25, 0.3) is 0 Å². The Balaban J connectivity index is 1.47. The smallest absolute Gasteiger partial charge is 0.353 e.